The molecule has 1 heterocycles. The summed E-state index contributed by atoms with van der Waals surface area (Å²) in [6.07, 6.45) is 0. The normalized spacial score (nSPS) is 10.5. The van der Waals surface area contributed by atoms with Gasteiger partial charge in [0, 0.05) is 0 Å². The van der Waals surface area contributed by atoms with Crippen molar-refractivity contribution in [1.82, 2.24) is 14.8 Å². The lowest BCUT2D eigenvalue weighted by atomic mass is 10.3. The van der Waals surface area contributed by atoms with Crippen LogP contribution in [0.1, 0.15) is 16.4 Å². The number of rotatable bonds is 2. The van der Waals surface area contributed by atoms with Gasteiger partial charge in [-0.1, -0.05) is 6.07 Å². The Morgan fingerprint density at radius 3 is 2.88 bits per heavy atom. The summed E-state index contributed by atoms with van der Waals surface area (Å²) in [5.74, 6) is -1.90. The van der Waals surface area contributed by atoms with E-state index < -0.39 is 11.8 Å². The van der Waals surface area contributed by atoms with Crippen molar-refractivity contribution in [2.45, 2.75) is 6.92 Å². The maximum Gasteiger partial charge on any atom is 0.374 e. The molecular weight excluding hydrogens is 293 g/mol. The molecule has 7 heteroatoms. The average Bonchev–Trinajstić information content (AvgIpc) is 2.64. The van der Waals surface area contributed by atoms with E-state index >= 15 is 0 Å². The first kappa shape index (κ1) is 11.7. The molecule has 2 rings (SSSR count). The number of hydrogen-bond donors (Lipinski definition) is 1. The molecule has 0 unspecified atom stereocenters. The summed E-state index contributed by atoms with van der Waals surface area (Å²) in [7, 11) is 0. The van der Waals surface area contributed by atoms with Crippen molar-refractivity contribution in [2.75, 3.05) is 0 Å². The molecule has 0 aliphatic rings. The largest absolute Gasteiger partial charge is 0.475 e. The monoisotopic (exact) mass is 299 g/mol. The second-order valence-corrected chi connectivity index (χ2v) is 4.13. The van der Waals surface area contributed by atoms with Crippen LogP contribution >= 0.6 is 15.9 Å². The van der Waals surface area contributed by atoms with Crippen molar-refractivity contribution in [3.63, 3.8) is 0 Å². The van der Waals surface area contributed by atoms with Crippen LogP contribution in [-0.4, -0.2) is 25.8 Å². The predicted octanol–water partition coefficient (Wildman–Crippen LogP) is 2.18. The van der Waals surface area contributed by atoms with Crippen molar-refractivity contribution in [3.05, 3.63) is 40.1 Å². The van der Waals surface area contributed by atoms with Gasteiger partial charge in [-0.15, -0.1) is 0 Å². The fourth-order valence-electron chi connectivity index (χ4n) is 1.38. The van der Waals surface area contributed by atoms with Crippen molar-refractivity contribution in [1.29, 1.82) is 0 Å². The molecule has 1 N–H and O–H groups in total. The first-order chi connectivity index (χ1) is 8.00. The van der Waals surface area contributed by atoms with Gasteiger partial charge in [-0.05, 0) is 35.0 Å². The Kier molecular flexibility index (Phi) is 2.93. The summed E-state index contributed by atoms with van der Waals surface area (Å²) in [6.45, 7) is 1.54. The highest BCUT2D eigenvalue weighted by atomic mass is 79.9. The summed E-state index contributed by atoms with van der Waals surface area (Å²) in [4.78, 5) is 14.7. The Labute approximate surface area is 104 Å². The second kappa shape index (κ2) is 4.25. The lowest BCUT2D eigenvalue weighted by Crippen LogP contribution is -2.10. The van der Waals surface area contributed by atoms with Gasteiger partial charge in [0.2, 0.25) is 5.82 Å². The number of benzene rings is 1. The summed E-state index contributed by atoms with van der Waals surface area (Å²) >= 11 is 3.03. The number of aromatic carboxylic acids is 1. The minimum atomic E-state index is -1.26. The molecule has 0 aliphatic heterocycles. The third-order valence-electron chi connectivity index (χ3n) is 2.06. The molecule has 0 radical (unpaired) electrons. The Morgan fingerprint density at radius 2 is 2.24 bits per heavy atom. The van der Waals surface area contributed by atoms with Gasteiger partial charge in [0.15, 0.2) is 5.82 Å². The number of halogens is 2. The van der Waals surface area contributed by atoms with Crippen LogP contribution in [0.15, 0.2) is 22.7 Å². The third-order valence-corrected chi connectivity index (χ3v) is 2.68. The number of nitrogens with zero attached hydrogens (tertiary/aromatic N) is 3. The topological polar surface area (TPSA) is 68.0 Å². The fourth-order valence-corrected chi connectivity index (χ4v) is 1.73. The van der Waals surface area contributed by atoms with Gasteiger partial charge in [-0.3, -0.25) is 0 Å². The van der Waals surface area contributed by atoms with Gasteiger partial charge in [0.25, 0.3) is 0 Å². The summed E-state index contributed by atoms with van der Waals surface area (Å²) < 4.78 is 15.0. The Hall–Kier alpha value is -1.76. The number of carboxylic acids is 1. The SMILES string of the molecule is Cc1nc(C(=O)O)n(-c2cccc(Br)c2F)n1. The van der Waals surface area contributed by atoms with Crippen LogP contribution < -0.4 is 0 Å². The van der Waals surface area contributed by atoms with E-state index in [0.717, 1.165) is 4.68 Å². The number of carboxylic acid groups (broad SMARTS) is 1. The quantitative estimate of drug-likeness (QED) is 0.923. The molecule has 0 fully saturated rings. The number of hydrogen-bond acceptors (Lipinski definition) is 3. The molecule has 1 aromatic carbocycles. The first-order valence-corrected chi connectivity index (χ1v) is 5.41. The molecule has 5 nitrogen and oxygen atoms in total. The Bertz CT molecular complexity index is 597. The average molecular weight is 300 g/mol. The summed E-state index contributed by atoms with van der Waals surface area (Å²) in [6, 6.07) is 4.54. The highest BCUT2D eigenvalue weighted by molar-refractivity contribution is 9.10. The fraction of sp³-hybridized carbons (Fsp3) is 0.100. The zero-order valence-electron chi connectivity index (χ0n) is 8.69. The van der Waals surface area contributed by atoms with Gasteiger partial charge >= 0.3 is 5.97 Å². The first-order valence-electron chi connectivity index (χ1n) is 4.62. The van der Waals surface area contributed by atoms with Crippen LogP contribution in [0.25, 0.3) is 5.69 Å². The van der Waals surface area contributed by atoms with Crippen LogP contribution in [0.4, 0.5) is 4.39 Å². The third kappa shape index (κ3) is 2.05. The van der Waals surface area contributed by atoms with Gasteiger partial charge in [-0.2, -0.15) is 5.10 Å². The van der Waals surface area contributed by atoms with E-state index in [1.165, 1.54) is 12.1 Å². The van der Waals surface area contributed by atoms with E-state index in [4.69, 9.17) is 5.11 Å². The zero-order chi connectivity index (χ0) is 12.6. The van der Waals surface area contributed by atoms with Crippen LogP contribution in [-0.2, 0) is 0 Å². The van der Waals surface area contributed by atoms with Gasteiger partial charge in [0.1, 0.15) is 11.5 Å². The number of carbonyl (C=O) groups is 1. The molecule has 1 aromatic heterocycles. The van der Waals surface area contributed by atoms with E-state index in [1.54, 1.807) is 13.0 Å². The van der Waals surface area contributed by atoms with Crippen LogP contribution in [0.2, 0.25) is 0 Å². The molecule has 17 heavy (non-hydrogen) atoms. The molecular formula is C10H7BrFN3O2. The summed E-state index contributed by atoms with van der Waals surface area (Å²) in [5, 5.41) is 12.8. The van der Waals surface area contributed by atoms with Crippen molar-refractivity contribution in [2.24, 2.45) is 0 Å². The standard InChI is InChI=1S/C10H7BrFN3O2/c1-5-13-9(10(16)17)15(14-5)7-4-2-3-6(11)8(7)12/h2-4H,1H3,(H,16,17). The van der Waals surface area contributed by atoms with Crippen LogP contribution in [0, 0.1) is 12.7 Å². The highest BCUT2D eigenvalue weighted by Gasteiger charge is 2.19. The smallest absolute Gasteiger partial charge is 0.374 e. The molecule has 0 spiro atoms. The second-order valence-electron chi connectivity index (χ2n) is 3.27. The molecule has 0 atom stereocenters. The van der Waals surface area contributed by atoms with Crippen molar-refractivity contribution >= 4 is 21.9 Å². The van der Waals surface area contributed by atoms with E-state index in [1.807, 2.05) is 0 Å². The maximum absolute atomic E-state index is 13.8. The van der Waals surface area contributed by atoms with Crippen LogP contribution in [0.5, 0.6) is 0 Å². The van der Waals surface area contributed by atoms with E-state index in [2.05, 4.69) is 26.0 Å². The molecule has 0 aliphatic carbocycles. The highest BCUT2D eigenvalue weighted by Crippen LogP contribution is 2.22. The molecule has 0 bridgehead atoms. The van der Waals surface area contributed by atoms with E-state index in [-0.39, 0.29) is 21.8 Å². The Balaban J connectivity index is 2.68. The predicted molar refractivity (Wildman–Crippen MR) is 60.7 cm³/mol. The van der Waals surface area contributed by atoms with E-state index in [0.29, 0.717) is 0 Å². The molecule has 0 saturated heterocycles. The number of aromatic nitrogens is 3. The summed E-state index contributed by atoms with van der Waals surface area (Å²) in [5.41, 5.74) is 0.0392. The lowest BCUT2D eigenvalue weighted by Gasteiger charge is -2.05. The van der Waals surface area contributed by atoms with E-state index in [9.17, 15) is 9.18 Å². The van der Waals surface area contributed by atoms with Crippen LogP contribution in [0.3, 0.4) is 0 Å². The number of aryl methyl sites for hydroxylation is 1. The van der Waals surface area contributed by atoms with Gasteiger partial charge in [-0.25, -0.2) is 18.9 Å². The minimum Gasteiger partial charge on any atom is -0.475 e. The van der Waals surface area contributed by atoms with Crippen molar-refractivity contribution in [3.8, 4) is 5.69 Å². The zero-order valence-corrected chi connectivity index (χ0v) is 10.3. The van der Waals surface area contributed by atoms with Gasteiger partial charge < -0.3 is 5.11 Å². The minimum absolute atomic E-state index is 0.0392. The van der Waals surface area contributed by atoms with Gasteiger partial charge in [0.05, 0.1) is 4.47 Å². The lowest BCUT2D eigenvalue weighted by molar-refractivity contribution is 0.0680. The Morgan fingerprint density at radius 1 is 1.53 bits per heavy atom. The molecule has 0 amide bonds. The molecule has 2 aromatic rings. The van der Waals surface area contributed by atoms with Crippen molar-refractivity contribution < 1.29 is 14.3 Å². The maximum atomic E-state index is 13.8. The molecule has 88 valence electrons. The molecule has 0 saturated carbocycles.